The maximum atomic E-state index is 11.7. The Balaban J connectivity index is 1.99. The van der Waals surface area contributed by atoms with Gasteiger partial charge >= 0.3 is 5.97 Å². The van der Waals surface area contributed by atoms with E-state index in [1.165, 1.54) is 12.8 Å². The fourth-order valence-electron chi connectivity index (χ4n) is 1.99. The molecule has 0 fully saturated rings. The number of phenols is 1. The molecule has 0 bridgehead atoms. The van der Waals surface area contributed by atoms with Crippen LogP contribution in [0.4, 0.5) is 0 Å². The maximum absolute atomic E-state index is 11.7. The Morgan fingerprint density at radius 3 is 2.65 bits per heavy atom. The minimum atomic E-state index is -0.399. The van der Waals surface area contributed by atoms with Gasteiger partial charge in [0, 0.05) is 6.42 Å². The van der Waals surface area contributed by atoms with E-state index < -0.39 is 5.97 Å². The van der Waals surface area contributed by atoms with E-state index in [1.807, 2.05) is 0 Å². The Morgan fingerprint density at radius 1 is 1.20 bits per heavy atom. The summed E-state index contributed by atoms with van der Waals surface area (Å²) >= 11 is 0. The van der Waals surface area contributed by atoms with Crippen LogP contribution in [-0.2, 0) is 9.53 Å². The number of benzene rings is 1. The zero-order chi connectivity index (χ0) is 14.4. The van der Waals surface area contributed by atoms with Crippen molar-refractivity contribution in [3.63, 3.8) is 0 Å². The minimum absolute atomic E-state index is 0.196. The van der Waals surface area contributed by atoms with E-state index >= 15 is 0 Å². The first kappa shape index (κ1) is 14.3. The molecule has 1 N–H and O–H groups in total. The highest BCUT2D eigenvalue weighted by atomic mass is 16.6. The smallest absolute Gasteiger partial charge is 0.363 e. The zero-order valence-corrected chi connectivity index (χ0v) is 11.6. The molecule has 0 spiro atoms. The van der Waals surface area contributed by atoms with Crippen molar-refractivity contribution in [2.45, 2.75) is 39.0 Å². The molecule has 0 saturated carbocycles. The standard InChI is InChI=1S/C16H19NO3/c1-2-3-4-5-6-15-17-14(16(19)20-15)11-12-7-9-13(18)10-8-12/h7-11,18H,2-6H2,1H3. The van der Waals surface area contributed by atoms with Crippen LogP contribution in [-0.4, -0.2) is 17.0 Å². The van der Waals surface area contributed by atoms with Crippen molar-refractivity contribution in [2.75, 3.05) is 0 Å². The predicted octanol–water partition coefficient (Wildman–Crippen LogP) is 3.66. The summed E-state index contributed by atoms with van der Waals surface area (Å²) in [5, 5.41) is 9.21. The van der Waals surface area contributed by atoms with Crippen molar-refractivity contribution in [1.82, 2.24) is 0 Å². The predicted molar refractivity (Wildman–Crippen MR) is 78.4 cm³/mol. The van der Waals surface area contributed by atoms with Crippen molar-refractivity contribution in [3.05, 3.63) is 35.5 Å². The molecule has 0 amide bonds. The summed E-state index contributed by atoms with van der Waals surface area (Å²) in [5.74, 6) is 0.306. The number of esters is 1. The molecular formula is C16H19NO3. The number of carbonyl (C=O) groups excluding carboxylic acids is 1. The SMILES string of the molecule is CCCCCCC1=NC(=Cc2ccc(O)cc2)C(=O)O1. The van der Waals surface area contributed by atoms with Gasteiger partial charge in [0.25, 0.3) is 0 Å². The van der Waals surface area contributed by atoms with Crippen LogP contribution in [0.15, 0.2) is 35.0 Å². The number of phenolic OH excluding ortho intramolecular Hbond substituents is 1. The molecule has 1 aromatic rings. The first-order valence-corrected chi connectivity index (χ1v) is 6.99. The summed E-state index contributed by atoms with van der Waals surface area (Å²) in [6.07, 6.45) is 6.87. The first-order chi connectivity index (χ1) is 9.69. The molecule has 0 aromatic heterocycles. The van der Waals surface area contributed by atoms with E-state index in [1.54, 1.807) is 30.3 Å². The van der Waals surface area contributed by atoms with Crippen molar-refractivity contribution >= 4 is 17.9 Å². The molecule has 2 rings (SSSR count). The number of nitrogens with zero attached hydrogens (tertiary/aromatic N) is 1. The molecule has 20 heavy (non-hydrogen) atoms. The second kappa shape index (κ2) is 6.89. The lowest BCUT2D eigenvalue weighted by atomic mass is 10.1. The molecule has 1 aliphatic heterocycles. The first-order valence-electron chi connectivity index (χ1n) is 6.99. The summed E-state index contributed by atoms with van der Waals surface area (Å²) < 4.78 is 5.14. The maximum Gasteiger partial charge on any atom is 0.363 e. The van der Waals surface area contributed by atoms with Crippen molar-refractivity contribution in [1.29, 1.82) is 0 Å². The minimum Gasteiger partial charge on any atom is -0.508 e. The molecule has 4 nitrogen and oxygen atoms in total. The Bertz CT molecular complexity index is 529. The quantitative estimate of drug-likeness (QED) is 0.489. The van der Waals surface area contributed by atoms with Gasteiger partial charge in [-0.2, -0.15) is 0 Å². The van der Waals surface area contributed by atoms with Crippen LogP contribution in [0.3, 0.4) is 0 Å². The van der Waals surface area contributed by atoms with Crippen LogP contribution >= 0.6 is 0 Å². The normalized spacial score (nSPS) is 16.4. The molecule has 0 radical (unpaired) electrons. The van der Waals surface area contributed by atoms with Crippen LogP contribution in [0.1, 0.15) is 44.6 Å². The number of hydrogen-bond donors (Lipinski definition) is 1. The molecule has 1 aromatic carbocycles. The lowest BCUT2D eigenvalue weighted by Crippen LogP contribution is -2.03. The highest BCUT2D eigenvalue weighted by Crippen LogP contribution is 2.19. The monoisotopic (exact) mass is 273 g/mol. The van der Waals surface area contributed by atoms with Crippen LogP contribution in [0.25, 0.3) is 6.08 Å². The number of aromatic hydroxyl groups is 1. The molecule has 0 aliphatic carbocycles. The fraction of sp³-hybridized carbons (Fsp3) is 0.375. The van der Waals surface area contributed by atoms with Gasteiger partial charge in [0.1, 0.15) is 5.75 Å². The van der Waals surface area contributed by atoms with E-state index in [4.69, 9.17) is 4.74 Å². The average Bonchev–Trinajstić information content (AvgIpc) is 2.78. The van der Waals surface area contributed by atoms with E-state index in [-0.39, 0.29) is 5.75 Å². The molecule has 1 heterocycles. The van der Waals surface area contributed by atoms with E-state index in [0.717, 1.165) is 18.4 Å². The summed E-state index contributed by atoms with van der Waals surface area (Å²) in [4.78, 5) is 15.9. The second-order valence-electron chi connectivity index (χ2n) is 4.83. The number of ether oxygens (including phenoxy) is 1. The highest BCUT2D eigenvalue weighted by molar-refractivity contribution is 6.07. The zero-order valence-electron chi connectivity index (χ0n) is 11.6. The lowest BCUT2D eigenvalue weighted by molar-refractivity contribution is -0.130. The van der Waals surface area contributed by atoms with Gasteiger partial charge in [0.15, 0.2) is 11.6 Å². The van der Waals surface area contributed by atoms with E-state index in [0.29, 0.717) is 18.0 Å². The number of unbranched alkanes of at least 4 members (excludes halogenated alkanes) is 3. The van der Waals surface area contributed by atoms with Gasteiger partial charge in [-0.25, -0.2) is 9.79 Å². The van der Waals surface area contributed by atoms with Gasteiger partial charge in [-0.1, -0.05) is 38.3 Å². The Labute approximate surface area is 118 Å². The van der Waals surface area contributed by atoms with Crippen LogP contribution in [0, 0.1) is 0 Å². The summed E-state index contributed by atoms with van der Waals surface area (Å²) in [7, 11) is 0. The summed E-state index contributed by atoms with van der Waals surface area (Å²) in [5.41, 5.74) is 1.13. The molecule has 0 atom stereocenters. The third-order valence-corrected chi connectivity index (χ3v) is 3.11. The van der Waals surface area contributed by atoms with Crippen molar-refractivity contribution in [3.8, 4) is 5.75 Å². The Morgan fingerprint density at radius 2 is 1.95 bits per heavy atom. The lowest BCUT2D eigenvalue weighted by Gasteiger charge is -1.98. The Kier molecular flexibility index (Phi) is 4.93. The van der Waals surface area contributed by atoms with Crippen molar-refractivity contribution in [2.24, 2.45) is 4.99 Å². The molecule has 0 saturated heterocycles. The van der Waals surface area contributed by atoms with Crippen molar-refractivity contribution < 1.29 is 14.6 Å². The van der Waals surface area contributed by atoms with Gasteiger partial charge < -0.3 is 9.84 Å². The second-order valence-corrected chi connectivity index (χ2v) is 4.83. The van der Waals surface area contributed by atoms with E-state index in [9.17, 15) is 9.90 Å². The van der Waals surface area contributed by atoms with Crippen LogP contribution < -0.4 is 0 Å². The Hall–Kier alpha value is -2.10. The van der Waals surface area contributed by atoms with Gasteiger partial charge in [-0.05, 0) is 30.2 Å². The third-order valence-electron chi connectivity index (χ3n) is 3.11. The number of rotatable bonds is 6. The highest BCUT2D eigenvalue weighted by Gasteiger charge is 2.22. The van der Waals surface area contributed by atoms with Crippen LogP contribution in [0.5, 0.6) is 5.75 Å². The van der Waals surface area contributed by atoms with Gasteiger partial charge in [0.05, 0.1) is 0 Å². The van der Waals surface area contributed by atoms with Crippen LogP contribution in [0.2, 0.25) is 0 Å². The van der Waals surface area contributed by atoms with Gasteiger partial charge in [0.2, 0.25) is 0 Å². The number of hydrogen-bond acceptors (Lipinski definition) is 4. The largest absolute Gasteiger partial charge is 0.508 e. The number of carbonyl (C=O) groups is 1. The molecule has 4 heteroatoms. The summed E-state index contributed by atoms with van der Waals surface area (Å²) in [6, 6.07) is 6.60. The molecule has 106 valence electrons. The molecule has 0 unspecified atom stereocenters. The topological polar surface area (TPSA) is 58.9 Å². The third kappa shape index (κ3) is 3.95. The number of aliphatic imine (C=N–C) groups is 1. The average molecular weight is 273 g/mol. The van der Waals surface area contributed by atoms with E-state index in [2.05, 4.69) is 11.9 Å². The molecular weight excluding hydrogens is 254 g/mol. The van der Waals surface area contributed by atoms with Gasteiger partial charge in [-0.3, -0.25) is 0 Å². The van der Waals surface area contributed by atoms with Gasteiger partial charge in [-0.15, -0.1) is 0 Å². The molecule has 1 aliphatic rings. The number of cyclic esters (lactones) is 1. The summed E-state index contributed by atoms with van der Waals surface area (Å²) in [6.45, 7) is 2.16. The fourth-order valence-corrected chi connectivity index (χ4v) is 1.99.